The molecule has 0 amide bonds. The molecule has 0 radical (unpaired) electrons. The zero-order valence-electron chi connectivity index (χ0n) is 21.5. The minimum Gasteiger partial charge on any atom is -0.354 e. The number of imidazole rings is 1. The van der Waals surface area contributed by atoms with Crippen LogP contribution in [-0.2, 0) is 0 Å². The highest BCUT2D eigenvalue weighted by Gasteiger charge is 2.28. The first kappa shape index (κ1) is 23.7. The van der Waals surface area contributed by atoms with Crippen molar-refractivity contribution in [3.05, 3.63) is 90.5 Å². The van der Waals surface area contributed by atoms with Gasteiger partial charge in [-0.3, -0.25) is 0 Å². The van der Waals surface area contributed by atoms with Crippen molar-refractivity contribution in [1.29, 1.82) is 0 Å². The van der Waals surface area contributed by atoms with Crippen LogP contribution in [0.3, 0.4) is 0 Å². The van der Waals surface area contributed by atoms with Crippen LogP contribution in [0.25, 0.3) is 28.3 Å². The Hall–Kier alpha value is -4.37. The number of anilines is 2. The van der Waals surface area contributed by atoms with E-state index in [2.05, 4.69) is 31.2 Å². The third kappa shape index (κ3) is 4.59. The van der Waals surface area contributed by atoms with Crippen LogP contribution in [0.2, 0.25) is 0 Å². The van der Waals surface area contributed by atoms with Crippen molar-refractivity contribution in [3.8, 4) is 22.6 Å². The van der Waals surface area contributed by atoms with Gasteiger partial charge in [-0.05, 0) is 66.9 Å². The zero-order chi connectivity index (χ0) is 26.2. The van der Waals surface area contributed by atoms with Crippen molar-refractivity contribution in [2.75, 3.05) is 42.5 Å². The van der Waals surface area contributed by atoms with Crippen LogP contribution in [0.5, 0.6) is 0 Å². The normalized spacial score (nSPS) is 17.7. The summed E-state index contributed by atoms with van der Waals surface area (Å²) >= 11 is 0. The van der Waals surface area contributed by atoms with E-state index in [0.717, 1.165) is 91.1 Å². The summed E-state index contributed by atoms with van der Waals surface area (Å²) in [6.45, 7) is 4.68. The monoisotopic (exact) mass is 520 g/mol. The molecule has 2 aliphatic heterocycles. The Morgan fingerprint density at radius 2 is 1.72 bits per heavy atom. The van der Waals surface area contributed by atoms with Gasteiger partial charge in [0.1, 0.15) is 23.1 Å². The predicted molar refractivity (Wildman–Crippen MR) is 150 cm³/mol. The number of rotatable bonds is 5. The van der Waals surface area contributed by atoms with Crippen molar-refractivity contribution in [1.82, 2.24) is 29.9 Å². The Morgan fingerprint density at radius 3 is 2.62 bits per heavy atom. The lowest BCUT2D eigenvalue weighted by Gasteiger charge is -2.28. The molecule has 1 N–H and O–H groups in total. The second-order valence-corrected chi connectivity index (χ2v) is 10.1. The van der Waals surface area contributed by atoms with Gasteiger partial charge < -0.3 is 15.1 Å². The van der Waals surface area contributed by atoms with Crippen LogP contribution in [0.15, 0.2) is 79.1 Å². The molecule has 1 aromatic carbocycles. The highest BCUT2D eigenvalue weighted by molar-refractivity contribution is 5.68. The van der Waals surface area contributed by atoms with Crippen molar-refractivity contribution >= 4 is 17.3 Å². The van der Waals surface area contributed by atoms with Gasteiger partial charge in [-0.25, -0.2) is 23.9 Å². The fourth-order valence-corrected chi connectivity index (χ4v) is 5.68. The van der Waals surface area contributed by atoms with E-state index >= 15 is 0 Å². The van der Waals surface area contributed by atoms with Crippen molar-refractivity contribution in [2.24, 2.45) is 0 Å². The lowest BCUT2D eigenvalue weighted by Crippen LogP contribution is -2.43. The highest BCUT2D eigenvalue weighted by Crippen LogP contribution is 2.36. The van der Waals surface area contributed by atoms with Crippen LogP contribution in [-0.4, -0.2) is 57.3 Å². The van der Waals surface area contributed by atoms with Crippen molar-refractivity contribution < 1.29 is 4.39 Å². The zero-order valence-corrected chi connectivity index (χ0v) is 21.5. The number of hydrogen-bond donors (Lipinski definition) is 1. The molecule has 0 saturated carbocycles. The summed E-state index contributed by atoms with van der Waals surface area (Å²) < 4.78 is 15.8. The lowest BCUT2D eigenvalue weighted by molar-refractivity contribution is 0.585. The number of benzene rings is 1. The second-order valence-electron chi connectivity index (χ2n) is 10.1. The van der Waals surface area contributed by atoms with Crippen LogP contribution in [0.1, 0.15) is 24.4 Å². The average Bonchev–Trinajstić information content (AvgIpc) is 3.65. The fraction of sp³-hybridized carbons (Fsp3) is 0.267. The largest absolute Gasteiger partial charge is 0.354 e. The molecule has 0 bridgehead atoms. The molecule has 0 spiro atoms. The molecule has 2 aliphatic rings. The molecule has 196 valence electrons. The summed E-state index contributed by atoms with van der Waals surface area (Å²) in [4.78, 5) is 18.8. The molecule has 4 aromatic heterocycles. The first-order valence-corrected chi connectivity index (χ1v) is 13.5. The predicted octanol–water partition coefficient (Wildman–Crippen LogP) is 4.74. The van der Waals surface area contributed by atoms with Gasteiger partial charge in [0.25, 0.3) is 0 Å². The summed E-state index contributed by atoms with van der Waals surface area (Å²) in [5.41, 5.74) is 5.26. The third-order valence-electron chi connectivity index (χ3n) is 7.62. The molecule has 6 heterocycles. The maximum Gasteiger partial charge on any atom is 0.154 e. The first-order valence-electron chi connectivity index (χ1n) is 13.5. The molecule has 0 unspecified atom stereocenters. The number of hydrogen-bond acceptors (Lipinski definition) is 7. The lowest BCUT2D eigenvalue weighted by atomic mass is 10.0. The Bertz CT molecular complexity index is 1630. The summed E-state index contributed by atoms with van der Waals surface area (Å²) in [5, 5.41) is 8.38. The summed E-state index contributed by atoms with van der Waals surface area (Å²) in [6.07, 6.45) is 5.67. The quantitative estimate of drug-likeness (QED) is 0.359. The number of piperazine rings is 1. The van der Waals surface area contributed by atoms with Gasteiger partial charge >= 0.3 is 0 Å². The number of aromatic nitrogens is 5. The maximum absolute atomic E-state index is 14.0. The fourth-order valence-electron chi connectivity index (χ4n) is 5.68. The molecular weight excluding hydrogens is 491 g/mol. The van der Waals surface area contributed by atoms with E-state index < -0.39 is 0 Å². The van der Waals surface area contributed by atoms with Crippen LogP contribution in [0.4, 0.5) is 16.0 Å². The Balaban J connectivity index is 1.22. The standard InChI is InChI=1S/C30H29FN8/c31-23-5-1-4-22(18-23)26-8-3-15-38(26)29-10-9-28-34-20-27(39(28)36-29)25-7-2-6-24(35-25)21-11-12-33-30(19-21)37-16-13-32-14-17-37/h1-2,4-7,9-12,18-20,26,32H,3,8,13-17H2/t26-/m1/s1. The number of fused-ring (bicyclic) bond motifs is 1. The highest BCUT2D eigenvalue weighted by atomic mass is 19.1. The summed E-state index contributed by atoms with van der Waals surface area (Å²) in [6, 6.07) is 21.1. The van der Waals surface area contributed by atoms with E-state index in [4.69, 9.17) is 10.1 Å². The second kappa shape index (κ2) is 10.1. The minimum absolute atomic E-state index is 0.0932. The Morgan fingerprint density at radius 1 is 0.846 bits per heavy atom. The van der Waals surface area contributed by atoms with Crippen LogP contribution >= 0.6 is 0 Å². The van der Waals surface area contributed by atoms with Gasteiger partial charge in [0, 0.05) is 44.5 Å². The molecule has 5 aromatic rings. The Labute approximate surface area is 226 Å². The number of nitrogens with zero attached hydrogens (tertiary/aromatic N) is 7. The Kier molecular flexibility index (Phi) is 6.13. The topological polar surface area (TPSA) is 74.5 Å². The van der Waals surface area contributed by atoms with E-state index in [1.54, 1.807) is 12.1 Å². The van der Waals surface area contributed by atoms with Gasteiger partial charge in [-0.2, -0.15) is 0 Å². The van der Waals surface area contributed by atoms with Gasteiger partial charge in [0.05, 0.1) is 23.6 Å². The van der Waals surface area contributed by atoms with E-state index in [-0.39, 0.29) is 11.9 Å². The molecule has 39 heavy (non-hydrogen) atoms. The van der Waals surface area contributed by atoms with Gasteiger partial charge in [0.2, 0.25) is 0 Å². The van der Waals surface area contributed by atoms with Gasteiger partial charge in [-0.15, -0.1) is 5.10 Å². The molecule has 9 heteroatoms. The van der Waals surface area contributed by atoms with E-state index in [0.29, 0.717) is 0 Å². The summed E-state index contributed by atoms with van der Waals surface area (Å²) in [5.74, 6) is 1.61. The van der Waals surface area contributed by atoms with E-state index in [1.165, 1.54) is 6.07 Å². The number of halogens is 1. The first-order chi connectivity index (χ1) is 19.2. The average molecular weight is 521 g/mol. The molecule has 7 rings (SSSR count). The smallest absolute Gasteiger partial charge is 0.154 e. The SMILES string of the molecule is Fc1cccc([C@H]2CCCN2c2ccc3ncc(-c4cccc(-c5ccnc(N6CCNCC6)c5)n4)n3n2)c1. The van der Waals surface area contributed by atoms with Crippen LogP contribution < -0.4 is 15.1 Å². The molecule has 8 nitrogen and oxygen atoms in total. The third-order valence-corrected chi connectivity index (χ3v) is 7.62. The van der Waals surface area contributed by atoms with Crippen molar-refractivity contribution in [2.45, 2.75) is 18.9 Å². The van der Waals surface area contributed by atoms with Gasteiger partial charge in [-0.1, -0.05) is 18.2 Å². The molecule has 1 atom stereocenters. The molecule has 0 aliphatic carbocycles. The summed E-state index contributed by atoms with van der Waals surface area (Å²) in [7, 11) is 0. The number of nitrogens with one attached hydrogen (secondary N) is 1. The maximum atomic E-state index is 14.0. The number of pyridine rings is 2. The van der Waals surface area contributed by atoms with E-state index in [9.17, 15) is 4.39 Å². The van der Waals surface area contributed by atoms with Crippen LogP contribution in [0, 0.1) is 5.82 Å². The molecule has 2 fully saturated rings. The van der Waals surface area contributed by atoms with Crippen molar-refractivity contribution in [3.63, 3.8) is 0 Å². The minimum atomic E-state index is -0.208. The molecule has 2 saturated heterocycles. The van der Waals surface area contributed by atoms with E-state index in [1.807, 2.05) is 59.4 Å². The molecular formula is C30H29FN8. The van der Waals surface area contributed by atoms with Gasteiger partial charge in [0.15, 0.2) is 5.65 Å².